The fraction of sp³-hybridized carbons (Fsp3) is 0.455. The fourth-order valence-corrected chi connectivity index (χ4v) is 8.06. The molecule has 0 unspecified atom stereocenters. The lowest BCUT2D eigenvalue weighted by Gasteiger charge is -2.44. The number of rotatable bonds is 8. The van der Waals surface area contributed by atoms with Crippen LogP contribution < -0.4 is 10.4 Å². The van der Waals surface area contributed by atoms with Crippen LogP contribution in [0.25, 0.3) is 0 Å². The smallest absolute Gasteiger partial charge is 0.259 e. The van der Waals surface area contributed by atoms with E-state index in [-0.39, 0.29) is 0 Å². The molecule has 29 heavy (non-hydrogen) atoms. The second kappa shape index (κ2) is 9.95. The molecule has 2 aromatic rings. The van der Waals surface area contributed by atoms with Crippen LogP contribution in [0.15, 0.2) is 60.7 Å². The predicted molar refractivity (Wildman–Crippen MR) is 112 cm³/mol. The molecule has 1 saturated heterocycles. The summed E-state index contributed by atoms with van der Waals surface area (Å²) < 4.78 is 12.3. The molecule has 1 aliphatic heterocycles. The number of benzene rings is 2. The van der Waals surface area contributed by atoms with Crippen LogP contribution in [0.1, 0.15) is 19.8 Å². The molecule has 3 rings (SSSR count). The average Bonchev–Trinajstić information content (AvgIpc) is 2.78. The Balaban J connectivity index is 2.05. The number of aliphatic hydroxyl groups excluding tert-OH is 4. The van der Waals surface area contributed by atoms with Crippen molar-refractivity contribution in [2.75, 3.05) is 6.61 Å². The van der Waals surface area contributed by atoms with Gasteiger partial charge < -0.3 is 29.6 Å². The Labute approximate surface area is 172 Å². The maximum atomic E-state index is 10.6. The van der Waals surface area contributed by atoms with Gasteiger partial charge in [-0.2, -0.15) is 0 Å². The molecule has 0 spiro atoms. The van der Waals surface area contributed by atoms with Crippen molar-refractivity contribution in [1.29, 1.82) is 0 Å². The predicted octanol–water partition coefficient (Wildman–Crippen LogP) is 0.363. The van der Waals surface area contributed by atoms with Crippen LogP contribution in [-0.2, 0) is 9.16 Å². The molecule has 1 heterocycles. The van der Waals surface area contributed by atoms with Gasteiger partial charge in [0.15, 0.2) is 6.29 Å². The van der Waals surface area contributed by atoms with Gasteiger partial charge in [-0.1, -0.05) is 80.4 Å². The van der Waals surface area contributed by atoms with E-state index in [1.807, 2.05) is 60.7 Å². The van der Waals surface area contributed by atoms with Gasteiger partial charge in [0.1, 0.15) is 24.4 Å². The van der Waals surface area contributed by atoms with Gasteiger partial charge in [-0.25, -0.2) is 0 Å². The lowest BCUT2D eigenvalue weighted by atomic mass is 10.00. The van der Waals surface area contributed by atoms with Gasteiger partial charge >= 0.3 is 0 Å². The van der Waals surface area contributed by atoms with Crippen molar-refractivity contribution in [3.63, 3.8) is 0 Å². The first-order valence-electron chi connectivity index (χ1n) is 10.1. The van der Waals surface area contributed by atoms with Crippen LogP contribution in [0.4, 0.5) is 0 Å². The molecule has 0 bridgehead atoms. The first-order valence-corrected chi connectivity index (χ1v) is 12.2. The maximum absolute atomic E-state index is 10.6. The highest BCUT2D eigenvalue weighted by atomic mass is 28.4. The Kier molecular flexibility index (Phi) is 7.59. The number of hydrogen-bond donors (Lipinski definition) is 4. The lowest BCUT2D eigenvalue weighted by molar-refractivity contribution is -0.279. The molecule has 0 aliphatic carbocycles. The van der Waals surface area contributed by atoms with Crippen LogP contribution in [0, 0.1) is 0 Å². The van der Waals surface area contributed by atoms with Crippen LogP contribution in [0.2, 0.25) is 6.04 Å². The highest BCUT2D eigenvalue weighted by Gasteiger charge is 2.49. The topological polar surface area (TPSA) is 99.4 Å². The molecule has 0 amide bonds. The number of unbranched alkanes of at least 4 members (excludes halogenated alkanes) is 1. The van der Waals surface area contributed by atoms with Crippen LogP contribution in [0.3, 0.4) is 0 Å². The molecule has 4 N–H and O–H groups in total. The summed E-state index contributed by atoms with van der Waals surface area (Å²) in [6.45, 7) is 1.63. The van der Waals surface area contributed by atoms with Crippen LogP contribution >= 0.6 is 0 Å². The largest absolute Gasteiger partial charge is 0.394 e. The molecular weight excluding hydrogens is 388 g/mol. The Morgan fingerprint density at radius 2 is 1.41 bits per heavy atom. The Bertz CT molecular complexity index is 702. The van der Waals surface area contributed by atoms with E-state index in [1.54, 1.807) is 0 Å². The van der Waals surface area contributed by atoms with E-state index in [4.69, 9.17) is 9.16 Å². The molecule has 7 heteroatoms. The van der Waals surface area contributed by atoms with E-state index in [2.05, 4.69) is 6.92 Å². The molecule has 5 atom stereocenters. The summed E-state index contributed by atoms with van der Waals surface area (Å²) in [5, 5.41) is 42.5. The van der Waals surface area contributed by atoms with Crippen molar-refractivity contribution >= 4 is 18.7 Å². The number of ether oxygens (including phenoxy) is 1. The molecule has 6 nitrogen and oxygen atoms in total. The Morgan fingerprint density at radius 3 is 1.90 bits per heavy atom. The second-order valence-electron chi connectivity index (χ2n) is 7.48. The lowest BCUT2D eigenvalue weighted by Crippen LogP contribution is -2.67. The van der Waals surface area contributed by atoms with Gasteiger partial charge in [0.05, 0.1) is 6.61 Å². The van der Waals surface area contributed by atoms with Crippen LogP contribution in [-0.4, -0.2) is 66.1 Å². The third-order valence-electron chi connectivity index (χ3n) is 5.53. The summed E-state index contributed by atoms with van der Waals surface area (Å²) in [6, 6.07) is 20.6. The third-order valence-corrected chi connectivity index (χ3v) is 9.75. The van der Waals surface area contributed by atoms with Gasteiger partial charge in [-0.15, -0.1) is 0 Å². The second-order valence-corrected chi connectivity index (χ2v) is 11.0. The quantitative estimate of drug-likeness (QED) is 0.462. The zero-order chi connectivity index (χ0) is 20.9. The molecular formula is C22H30O6Si. The fourth-order valence-electron chi connectivity index (χ4n) is 3.85. The minimum absolute atomic E-state index is 0.481. The summed E-state index contributed by atoms with van der Waals surface area (Å²) in [6.07, 6.45) is -4.55. The Morgan fingerprint density at radius 1 is 0.862 bits per heavy atom. The van der Waals surface area contributed by atoms with Crippen molar-refractivity contribution in [3.8, 4) is 0 Å². The summed E-state index contributed by atoms with van der Waals surface area (Å²) in [5.41, 5.74) is 0. The van der Waals surface area contributed by atoms with Gasteiger partial charge in [0.2, 0.25) is 0 Å². The summed E-state index contributed by atoms with van der Waals surface area (Å²) in [5.74, 6) is 0. The van der Waals surface area contributed by atoms with E-state index in [0.29, 0.717) is 0 Å². The third kappa shape index (κ3) is 4.62. The molecule has 1 fully saturated rings. The van der Waals surface area contributed by atoms with E-state index >= 15 is 0 Å². The number of hydrogen-bond acceptors (Lipinski definition) is 6. The first kappa shape index (κ1) is 22.1. The van der Waals surface area contributed by atoms with Gasteiger partial charge in [-0.3, -0.25) is 0 Å². The van der Waals surface area contributed by atoms with Crippen molar-refractivity contribution in [2.45, 2.75) is 56.5 Å². The van der Waals surface area contributed by atoms with Crippen molar-refractivity contribution in [2.24, 2.45) is 0 Å². The molecule has 1 aliphatic rings. The minimum Gasteiger partial charge on any atom is -0.394 e. The summed E-state index contributed by atoms with van der Waals surface area (Å²) in [7, 11) is -2.85. The molecule has 0 radical (unpaired) electrons. The van der Waals surface area contributed by atoms with Gasteiger partial charge in [0, 0.05) is 0 Å². The van der Waals surface area contributed by atoms with Crippen molar-refractivity contribution in [1.82, 2.24) is 0 Å². The zero-order valence-electron chi connectivity index (χ0n) is 16.6. The monoisotopic (exact) mass is 418 g/mol. The van der Waals surface area contributed by atoms with Gasteiger partial charge in [0.25, 0.3) is 8.32 Å². The molecule has 158 valence electrons. The maximum Gasteiger partial charge on any atom is 0.259 e. The normalized spacial score (nSPS) is 27.7. The van der Waals surface area contributed by atoms with E-state index in [0.717, 1.165) is 29.3 Å². The summed E-state index contributed by atoms with van der Waals surface area (Å²) in [4.78, 5) is 0. The molecule has 2 aromatic carbocycles. The SMILES string of the molecule is CCCC[Si](O[C@H]1O[C@H](CO)[C@@H](O)[C@H](O)[C@H]1O)(c1ccccc1)c1ccccc1. The van der Waals surface area contributed by atoms with E-state index in [9.17, 15) is 20.4 Å². The standard InChI is InChI=1S/C22H30O6Si/c1-2-3-14-29(16-10-6-4-7-11-16,17-12-8-5-9-13-17)28-22-21(26)20(25)19(24)18(15-23)27-22/h4-13,18-26H,2-3,14-15H2,1H3/t18-,19-,20+,21-,22-/m1/s1. The van der Waals surface area contributed by atoms with E-state index < -0.39 is 45.6 Å². The van der Waals surface area contributed by atoms with Crippen molar-refractivity contribution < 1.29 is 29.6 Å². The first-order chi connectivity index (χ1) is 14.0. The molecule has 0 saturated carbocycles. The van der Waals surface area contributed by atoms with Crippen molar-refractivity contribution in [3.05, 3.63) is 60.7 Å². The van der Waals surface area contributed by atoms with Gasteiger partial charge in [-0.05, 0) is 16.4 Å². The minimum atomic E-state index is -2.85. The highest BCUT2D eigenvalue weighted by molar-refractivity contribution is 6.97. The molecule has 0 aromatic heterocycles. The van der Waals surface area contributed by atoms with Crippen LogP contribution in [0.5, 0.6) is 0 Å². The Hall–Kier alpha value is -1.58. The zero-order valence-corrected chi connectivity index (χ0v) is 17.6. The number of aliphatic hydroxyl groups is 4. The highest BCUT2D eigenvalue weighted by Crippen LogP contribution is 2.27. The summed E-state index contributed by atoms with van der Waals surface area (Å²) >= 11 is 0. The average molecular weight is 419 g/mol. The van der Waals surface area contributed by atoms with E-state index in [1.165, 1.54) is 0 Å².